The summed E-state index contributed by atoms with van der Waals surface area (Å²) in [5.74, 6) is -0.876. The molecule has 0 radical (unpaired) electrons. The van der Waals surface area contributed by atoms with E-state index in [-0.39, 0.29) is 31.1 Å². The Bertz CT molecular complexity index is 1220. The topological polar surface area (TPSA) is 78.9 Å². The Hall–Kier alpha value is -2.63. The molecule has 6 heteroatoms. The smallest absolute Gasteiger partial charge is 0.306 e. The van der Waals surface area contributed by atoms with Gasteiger partial charge in [-0.25, -0.2) is 0 Å². The molecule has 0 heterocycles. The third kappa shape index (κ3) is 56.3. The number of hydrogen-bond donors (Lipinski definition) is 0. The van der Waals surface area contributed by atoms with Gasteiger partial charge in [0, 0.05) is 19.3 Å². The Morgan fingerprint density at radius 2 is 0.543 bits per heavy atom. The third-order valence-electron chi connectivity index (χ3n) is 13.5. The van der Waals surface area contributed by atoms with Crippen LogP contribution in [0.5, 0.6) is 0 Å². The van der Waals surface area contributed by atoms with E-state index in [0.717, 1.165) is 96.3 Å². The highest BCUT2D eigenvalue weighted by Crippen LogP contribution is 2.17. The average Bonchev–Trinajstić information content (AvgIpc) is 3.36. The highest BCUT2D eigenvalue weighted by molar-refractivity contribution is 5.71. The van der Waals surface area contributed by atoms with Crippen LogP contribution in [-0.4, -0.2) is 37.2 Å². The SMILES string of the molecule is CCC/C=C\C/C=C\CCCCCCCC(=O)OC(COC(=O)CCCCCCCCCCCC)COC(=O)CCCCCCCCCCCCCCCCCCC/C=C\C/C=C\CCCCCCC. The van der Waals surface area contributed by atoms with Crippen molar-refractivity contribution in [3.63, 3.8) is 0 Å². The largest absolute Gasteiger partial charge is 0.462 e. The van der Waals surface area contributed by atoms with Crippen molar-refractivity contribution in [2.24, 2.45) is 0 Å². The second kappa shape index (κ2) is 58.9. The van der Waals surface area contributed by atoms with E-state index < -0.39 is 6.10 Å². The summed E-state index contributed by atoms with van der Waals surface area (Å²) in [4.78, 5) is 38.1. The summed E-state index contributed by atoms with van der Waals surface area (Å²) in [6, 6.07) is 0. The molecule has 408 valence electrons. The first-order chi connectivity index (χ1) is 34.5. The van der Waals surface area contributed by atoms with Crippen molar-refractivity contribution in [3.8, 4) is 0 Å². The van der Waals surface area contributed by atoms with Crippen molar-refractivity contribution in [2.75, 3.05) is 13.2 Å². The number of carbonyl (C=O) groups is 3. The quantitative estimate of drug-likeness (QED) is 0.0261. The van der Waals surface area contributed by atoms with Crippen LogP contribution in [0.4, 0.5) is 0 Å². The maximum Gasteiger partial charge on any atom is 0.306 e. The Kier molecular flexibility index (Phi) is 56.7. The van der Waals surface area contributed by atoms with Crippen molar-refractivity contribution in [2.45, 2.75) is 329 Å². The van der Waals surface area contributed by atoms with E-state index >= 15 is 0 Å². The molecule has 0 amide bonds. The van der Waals surface area contributed by atoms with E-state index in [4.69, 9.17) is 14.2 Å². The number of unbranched alkanes of at least 4 members (excludes halogenated alkanes) is 37. The molecule has 0 aliphatic heterocycles. The molecule has 0 saturated heterocycles. The normalized spacial score (nSPS) is 12.3. The minimum absolute atomic E-state index is 0.0751. The lowest BCUT2D eigenvalue weighted by Crippen LogP contribution is -2.30. The van der Waals surface area contributed by atoms with Crippen LogP contribution in [-0.2, 0) is 28.6 Å². The molecule has 70 heavy (non-hydrogen) atoms. The van der Waals surface area contributed by atoms with Crippen LogP contribution in [0, 0.1) is 0 Å². The predicted molar refractivity (Wildman–Crippen MR) is 302 cm³/mol. The van der Waals surface area contributed by atoms with Gasteiger partial charge >= 0.3 is 17.9 Å². The molecular formula is C64H116O6. The van der Waals surface area contributed by atoms with Crippen molar-refractivity contribution in [1.29, 1.82) is 0 Å². The number of hydrogen-bond acceptors (Lipinski definition) is 6. The molecule has 0 aromatic rings. The Morgan fingerprint density at radius 1 is 0.286 bits per heavy atom. The first-order valence-electron chi connectivity index (χ1n) is 30.6. The van der Waals surface area contributed by atoms with Gasteiger partial charge in [-0.2, -0.15) is 0 Å². The van der Waals surface area contributed by atoms with Crippen molar-refractivity contribution in [1.82, 2.24) is 0 Å². The molecule has 0 bridgehead atoms. The number of ether oxygens (including phenoxy) is 3. The zero-order chi connectivity index (χ0) is 50.7. The second-order valence-corrected chi connectivity index (χ2v) is 20.6. The van der Waals surface area contributed by atoms with Crippen LogP contribution >= 0.6 is 0 Å². The summed E-state index contributed by atoms with van der Waals surface area (Å²) >= 11 is 0. The summed E-state index contributed by atoms with van der Waals surface area (Å²) in [5.41, 5.74) is 0. The molecule has 0 aliphatic carbocycles. The lowest BCUT2D eigenvalue weighted by molar-refractivity contribution is -0.167. The van der Waals surface area contributed by atoms with Gasteiger partial charge in [0.25, 0.3) is 0 Å². The zero-order valence-corrected chi connectivity index (χ0v) is 46.8. The van der Waals surface area contributed by atoms with Crippen LogP contribution in [0.1, 0.15) is 323 Å². The van der Waals surface area contributed by atoms with Gasteiger partial charge in [-0.05, 0) is 77.0 Å². The van der Waals surface area contributed by atoms with E-state index in [2.05, 4.69) is 69.4 Å². The first-order valence-corrected chi connectivity index (χ1v) is 30.6. The lowest BCUT2D eigenvalue weighted by atomic mass is 10.0. The fourth-order valence-corrected chi connectivity index (χ4v) is 8.92. The Morgan fingerprint density at radius 3 is 0.843 bits per heavy atom. The zero-order valence-electron chi connectivity index (χ0n) is 46.8. The van der Waals surface area contributed by atoms with Gasteiger partial charge in [-0.15, -0.1) is 0 Å². The monoisotopic (exact) mass is 981 g/mol. The maximum atomic E-state index is 12.8. The molecule has 0 spiro atoms. The average molecular weight is 982 g/mol. The molecule has 0 N–H and O–H groups in total. The minimum atomic E-state index is -0.776. The summed E-state index contributed by atoms with van der Waals surface area (Å²) in [6.45, 7) is 6.57. The van der Waals surface area contributed by atoms with Crippen LogP contribution in [0.25, 0.3) is 0 Å². The molecule has 0 aromatic carbocycles. The van der Waals surface area contributed by atoms with Crippen LogP contribution in [0.3, 0.4) is 0 Å². The fraction of sp³-hybridized carbons (Fsp3) is 0.828. The second-order valence-electron chi connectivity index (χ2n) is 20.6. The van der Waals surface area contributed by atoms with Gasteiger partial charge < -0.3 is 14.2 Å². The highest BCUT2D eigenvalue weighted by Gasteiger charge is 2.19. The van der Waals surface area contributed by atoms with E-state index in [1.165, 1.54) is 186 Å². The summed E-state index contributed by atoms with van der Waals surface area (Å²) < 4.78 is 16.8. The molecule has 6 nitrogen and oxygen atoms in total. The van der Waals surface area contributed by atoms with Gasteiger partial charge in [0.05, 0.1) is 0 Å². The predicted octanol–water partition coefficient (Wildman–Crippen LogP) is 20.6. The van der Waals surface area contributed by atoms with Gasteiger partial charge in [-0.3, -0.25) is 14.4 Å². The molecule has 0 saturated carbocycles. The Balaban J connectivity index is 4.10. The van der Waals surface area contributed by atoms with Crippen molar-refractivity contribution >= 4 is 17.9 Å². The number of rotatable bonds is 56. The lowest BCUT2D eigenvalue weighted by Gasteiger charge is -2.18. The maximum absolute atomic E-state index is 12.8. The standard InChI is InChI=1S/C64H116O6/c1-4-7-10-13-16-19-22-24-25-26-27-28-29-30-31-32-33-34-35-36-37-38-39-41-42-45-48-51-54-57-63(66)69-60-61(59-68-62(65)56-53-50-47-44-21-18-15-12-9-6-3)70-64(67)58-55-52-49-46-43-40-23-20-17-14-11-8-5-2/h11,14,20,22-24,26-27,61H,4-10,12-13,15-19,21,25,28-60H2,1-3H3/b14-11-,23-20-,24-22-,27-26-. The molecule has 0 fully saturated rings. The van der Waals surface area contributed by atoms with E-state index in [1.54, 1.807) is 0 Å². The van der Waals surface area contributed by atoms with Crippen LogP contribution in [0.15, 0.2) is 48.6 Å². The van der Waals surface area contributed by atoms with Gasteiger partial charge in [0.15, 0.2) is 6.10 Å². The number of esters is 3. The number of carbonyl (C=O) groups excluding carboxylic acids is 3. The van der Waals surface area contributed by atoms with E-state index in [1.807, 2.05) is 0 Å². The van der Waals surface area contributed by atoms with Gasteiger partial charge in [0.2, 0.25) is 0 Å². The van der Waals surface area contributed by atoms with Gasteiger partial charge in [-0.1, -0.05) is 275 Å². The minimum Gasteiger partial charge on any atom is -0.462 e. The summed E-state index contributed by atoms with van der Waals surface area (Å²) in [7, 11) is 0. The van der Waals surface area contributed by atoms with Crippen molar-refractivity contribution < 1.29 is 28.6 Å². The van der Waals surface area contributed by atoms with E-state index in [0.29, 0.717) is 19.3 Å². The van der Waals surface area contributed by atoms with E-state index in [9.17, 15) is 14.4 Å². The van der Waals surface area contributed by atoms with Gasteiger partial charge in [0.1, 0.15) is 13.2 Å². The fourth-order valence-electron chi connectivity index (χ4n) is 8.92. The molecule has 1 atom stereocenters. The van der Waals surface area contributed by atoms with Crippen LogP contribution < -0.4 is 0 Å². The van der Waals surface area contributed by atoms with Crippen LogP contribution in [0.2, 0.25) is 0 Å². The summed E-state index contributed by atoms with van der Waals surface area (Å²) in [5, 5.41) is 0. The molecular weight excluding hydrogens is 865 g/mol. The highest BCUT2D eigenvalue weighted by atomic mass is 16.6. The van der Waals surface area contributed by atoms with Crippen molar-refractivity contribution in [3.05, 3.63) is 48.6 Å². The third-order valence-corrected chi connectivity index (χ3v) is 13.5. The molecule has 0 aliphatic rings. The molecule has 1 unspecified atom stereocenters. The Labute approximate surface area is 435 Å². The molecule has 0 aromatic heterocycles. The molecule has 0 rings (SSSR count). The first kappa shape index (κ1) is 67.4. The number of allylic oxidation sites excluding steroid dienone is 8. The summed E-state index contributed by atoms with van der Waals surface area (Å²) in [6.07, 6.45) is 72.8.